The number of nitrogens with zero attached hydrogens (tertiary/aromatic N) is 1. The summed E-state index contributed by atoms with van der Waals surface area (Å²) in [5.74, 6) is 1.13. The maximum Gasteiger partial charge on any atom is 0.223 e. The summed E-state index contributed by atoms with van der Waals surface area (Å²) in [4.78, 5) is 14.2. The molecule has 0 atom stereocenters. The van der Waals surface area contributed by atoms with E-state index in [1.807, 2.05) is 0 Å². The molecule has 0 aromatic rings. The highest BCUT2D eigenvalue weighted by Gasteiger charge is 2.38. The minimum atomic E-state index is 0.167. The Balaban J connectivity index is 1.83. The van der Waals surface area contributed by atoms with Gasteiger partial charge in [0.2, 0.25) is 5.91 Å². The van der Waals surface area contributed by atoms with Gasteiger partial charge in [0.1, 0.15) is 0 Å². The molecule has 16 heavy (non-hydrogen) atoms. The Labute approximate surface area is 98.4 Å². The minimum absolute atomic E-state index is 0.167. The first-order valence-corrected chi connectivity index (χ1v) is 6.63. The van der Waals surface area contributed by atoms with Crippen molar-refractivity contribution >= 4 is 5.91 Å². The van der Waals surface area contributed by atoms with Crippen LogP contribution >= 0.6 is 0 Å². The lowest BCUT2D eigenvalue weighted by Gasteiger charge is -2.42. The van der Waals surface area contributed by atoms with Crippen molar-refractivity contribution in [3.05, 3.63) is 0 Å². The van der Waals surface area contributed by atoms with E-state index in [-0.39, 0.29) is 5.41 Å². The van der Waals surface area contributed by atoms with Crippen molar-refractivity contribution in [1.82, 2.24) is 4.90 Å². The van der Waals surface area contributed by atoms with Gasteiger partial charge in [0, 0.05) is 19.5 Å². The summed E-state index contributed by atoms with van der Waals surface area (Å²) in [7, 11) is 0. The molecule has 0 aromatic heterocycles. The van der Waals surface area contributed by atoms with Crippen molar-refractivity contribution in [3.8, 4) is 0 Å². The fourth-order valence-corrected chi connectivity index (χ4v) is 2.82. The van der Waals surface area contributed by atoms with E-state index in [0.717, 1.165) is 31.8 Å². The summed E-state index contributed by atoms with van der Waals surface area (Å²) < 4.78 is 0. The van der Waals surface area contributed by atoms with Gasteiger partial charge in [0.15, 0.2) is 0 Å². The molecule has 3 heteroatoms. The molecule has 1 saturated carbocycles. The molecule has 1 aliphatic carbocycles. The second-order valence-electron chi connectivity index (χ2n) is 5.80. The van der Waals surface area contributed by atoms with Gasteiger partial charge in [-0.3, -0.25) is 4.79 Å². The van der Waals surface area contributed by atoms with Crippen LogP contribution in [0.25, 0.3) is 0 Å². The second-order valence-corrected chi connectivity index (χ2v) is 5.80. The molecule has 0 bridgehead atoms. The standard InChI is InChI=1S/C13H24N2O/c1-11-3-7-15(8-4-11)12(16)9-13(10-14)5-2-6-13/h11H,2-10,14H2,1H3. The highest BCUT2D eigenvalue weighted by atomic mass is 16.2. The fourth-order valence-electron chi connectivity index (χ4n) is 2.82. The van der Waals surface area contributed by atoms with Crippen LogP contribution in [0.15, 0.2) is 0 Å². The first-order chi connectivity index (χ1) is 7.65. The maximum absolute atomic E-state index is 12.1. The van der Waals surface area contributed by atoms with Crippen LogP contribution in [0.5, 0.6) is 0 Å². The van der Waals surface area contributed by atoms with Crippen LogP contribution in [0.1, 0.15) is 45.4 Å². The molecule has 0 unspecified atom stereocenters. The second kappa shape index (κ2) is 4.74. The van der Waals surface area contributed by atoms with Crippen LogP contribution in [0.3, 0.4) is 0 Å². The molecule has 2 aliphatic rings. The van der Waals surface area contributed by atoms with E-state index < -0.39 is 0 Å². The van der Waals surface area contributed by atoms with Gasteiger partial charge in [0.05, 0.1) is 0 Å². The van der Waals surface area contributed by atoms with E-state index in [1.54, 1.807) is 0 Å². The molecule has 1 saturated heterocycles. The van der Waals surface area contributed by atoms with E-state index in [9.17, 15) is 4.79 Å². The van der Waals surface area contributed by atoms with E-state index in [1.165, 1.54) is 19.3 Å². The Morgan fingerprint density at radius 1 is 1.38 bits per heavy atom. The average molecular weight is 224 g/mol. The molecule has 2 rings (SSSR count). The van der Waals surface area contributed by atoms with Crippen molar-refractivity contribution in [2.45, 2.75) is 45.4 Å². The molecule has 0 aromatic carbocycles. The number of amides is 1. The predicted molar refractivity (Wildman–Crippen MR) is 64.9 cm³/mol. The van der Waals surface area contributed by atoms with Crippen LogP contribution in [0, 0.1) is 11.3 Å². The fraction of sp³-hybridized carbons (Fsp3) is 0.923. The van der Waals surface area contributed by atoms with Crippen LogP contribution in [0.2, 0.25) is 0 Å². The van der Waals surface area contributed by atoms with E-state index >= 15 is 0 Å². The molecular formula is C13H24N2O. The van der Waals surface area contributed by atoms with Gasteiger partial charge in [-0.05, 0) is 43.6 Å². The Hall–Kier alpha value is -0.570. The molecule has 0 radical (unpaired) electrons. The summed E-state index contributed by atoms with van der Waals surface area (Å²) in [5.41, 5.74) is 5.96. The lowest BCUT2D eigenvalue weighted by atomic mass is 9.66. The van der Waals surface area contributed by atoms with Crippen molar-refractivity contribution < 1.29 is 4.79 Å². The number of likely N-dealkylation sites (tertiary alicyclic amines) is 1. The average Bonchev–Trinajstić information content (AvgIpc) is 2.24. The van der Waals surface area contributed by atoms with Crippen molar-refractivity contribution in [3.63, 3.8) is 0 Å². The monoisotopic (exact) mass is 224 g/mol. The number of carbonyl (C=O) groups excluding carboxylic acids is 1. The third-order valence-corrected chi connectivity index (χ3v) is 4.51. The number of nitrogens with two attached hydrogens (primary N) is 1. The summed E-state index contributed by atoms with van der Waals surface area (Å²) in [6.45, 7) is 4.87. The molecule has 2 fully saturated rings. The molecule has 2 N–H and O–H groups in total. The maximum atomic E-state index is 12.1. The SMILES string of the molecule is CC1CCN(C(=O)CC2(CN)CCC2)CC1. The number of hydrogen-bond donors (Lipinski definition) is 1. The molecule has 92 valence electrons. The molecule has 0 spiro atoms. The molecule has 1 aliphatic heterocycles. The summed E-state index contributed by atoms with van der Waals surface area (Å²) >= 11 is 0. The topological polar surface area (TPSA) is 46.3 Å². The molecule has 1 heterocycles. The smallest absolute Gasteiger partial charge is 0.223 e. The van der Waals surface area contributed by atoms with Crippen LogP contribution in [0.4, 0.5) is 0 Å². The van der Waals surface area contributed by atoms with Gasteiger partial charge < -0.3 is 10.6 Å². The molecular weight excluding hydrogens is 200 g/mol. The van der Waals surface area contributed by atoms with E-state index in [4.69, 9.17) is 5.73 Å². The highest BCUT2D eigenvalue weighted by molar-refractivity contribution is 5.77. The van der Waals surface area contributed by atoms with Gasteiger partial charge in [-0.2, -0.15) is 0 Å². The Morgan fingerprint density at radius 2 is 2.00 bits per heavy atom. The lowest BCUT2D eigenvalue weighted by molar-refractivity contribution is -0.136. The Morgan fingerprint density at radius 3 is 2.44 bits per heavy atom. The van der Waals surface area contributed by atoms with Crippen molar-refractivity contribution in [2.24, 2.45) is 17.1 Å². The summed E-state index contributed by atoms with van der Waals surface area (Å²) in [6.07, 6.45) is 6.58. The first kappa shape index (κ1) is 11.9. The zero-order valence-electron chi connectivity index (χ0n) is 10.4. The third-order valence-electron chi connectivity index (χ3n) is 4.51. The third kappa shape index (κ3) is 2.40. The largest absolute Gasteiger partial charge is 0.343 e. The number of piperidine rings is 1. The van der Waals surface area contributed by atoms with Gasteiger partial charge >= 0.3 is 0 Å². The van der Waals surface area contributed by atoms with Crippen molar-refractivity contribution in [2.75, 3.05) is 19.6 Å². The van der Waals surface area contributed by atoms with Gasteiger partial charge in [0.25, 0.3) is 0 Å². The number of hydrogen-bond acceptors (Lipinski definition) is 2. The zero-order chi connectivity index (χ0) is 11.6. The number of rotatable bonds is 3. The van der Waals surface area contributed by atoms with E-state index in [0.29, 0.717) is 18.9 Å². The molecule has 1 amide bonds. The van der Waals surface area contributed by atoms with Crippen LogP contribution in [-0.4, -0.2) is 30.4 Å². The van der Waals surface area contributed by atoms with E-state index in [2.05, 4.69) is 11.8 Å². The normalized spacial score (nSPS) is 25.2. The van der Waals surface area contributed by atoms with Crippen LogP contribution < -0.4 is 5.73 Å². The molecule has 3 nitrogen and oxygen atoms in total. The zero-order valence-corrected chi connectivity index (χ0v) is 10.4. The Bertz CT molecular complexity index is 247. The first-order valence-electron chi connectivity index (χ1n) is 6.63. The minimum Gasteiger partial charge on any atom is -0.343 e. The quantitative estimate of drug-likeness (QED) is 0.794. The van der Waals surface area contributed by atoms with Gasteiger partial charge in [-0.15, -0.1) is 0 Å². The van der Waals surface area contributed by atoms with Gasteiger partial charge in [-0.25, -0.2) is 0 Å². The van der Waals surface area contributed by atoms with Gasteiger partial charge in [-0.1, -0.05) is 13.3 Å². The van der Waals surface area contributed by atoms with Crippen LogP contribution in [-0.2, 0) is 4.79 Å². The number of carbonyl (C=O) groups is 1. The predicted octanol–water partition coefficient (Wildman–Crippen LogP) is 1.76. The van der Waals surface area contributed by atoms with Crippen molar-refractivity contribution in [1.29, 1.82) is 0 Å². The Kier molecular flexibility index (Phi) is 3.53. The highest BCUT2D eigenvalue weighted by Crippen LogP contribution is 2.43. The summed E-state index contributed by atoms with van der Waals surface area (Å²) in [6, 6.07) is 0. The summed E-state index contributed by atoms with van der Waals surface area (Å²) in [5, 5.41) is 0. The lowest BCUT2D eigenvalue weighted by Crippen LogP contribution is -2.45.